The first kappa shape index (κ1) is 18.5. The van der Waals surface area contributed by atoms with Gasteiger partial charge in [-0.15, -0.1) is 11.3 Å². The number of aromatic nitrogens is 2. The number of carboxylic acid groups (broad SMARTS) is 1. The van der Waals surface area contributed by atoms with E-state index in [1.54, 1.807) is 6.92 Å². The molecule has 2 heterocycles. The average molecular weight is 409 g/mol. The average Bonchev–Trinajstić information content (AvgIpc) is 3.09. The first-order valence-corrected chi connectivity index (χ1v) is 9.12. The molecule has 1 aliphatic rings. The summed E-state index contributed by atoms with van der Waals surface area (Å²) in [5.41, 5.74) is 0.825. The number of aromatic carboxylic acids is 1. The monoisotopic (exact) mass is 409 g/mol. The van der Waals surface area contributed by atoms with Gasteiger partial charge in [-0.25, -0.2) is 27.9 Å². The standard InChI is InChI=1S/C18H14F3N3O3S/c1-8-13-15(22-7-23-16(13)28-14(8)17(25)26)24-11-3-2-10(19)4-12(11)27-6-9-5-18(9,20)21/h2-4,7,9H,5-6H2,1H3,(H,25,26)(H,22,23,24). The fourth-order valence-corrected chi connectivity index (χ4v) is 3.85. The number of ether oxygens (including phenoxy) is 1. The largest absolute Gasteiger partial charge is 0.491 e. The Morgan fingerprint density at radius 2 is 2.18 bits per heavy atom. The minimum absolute atomic E-state index is 0.0702. The number of alkyl halides is 2. The minimum atomic E-state index is -2.74. The summed E-state index contributed by atoms with van der Waals surface area (Å²) in [6, 6.07) is 3.70. The van der Waals surface area contributed by atoms with Gasteiger partial charge in [0.2, 0.25) is 0 Å². The van der Waals surface area contributed by atoms with E-state index in [1.807, 2.05) is 0 Å². The van der Waals surface area contributed by atoms with Gasteiger partial charge in [-0.05, 0) is 24.6 Å². The zero-order valence-electron chi connectivity index (χ0n) is 14.5. The number of carboxylic acids is 1. The summed E-state index contributed by atoms with van der Waals surface area (Å²) in [5.74, 6) is -4.87. The second-order valence-electron chi connectivity index (χ2n) is 6.50. The molecule has 1 atom stereocenters. The Labute approximate surface area is 161 Å². The number of rotatable bonds is 6. The molecule has 2 aromatic heterocycles. The molecule has 28 heavy (non-hydrogen) atoms. The third kappa shape index (κ3) is 3.35. The molecule has 0 saturated heterocycles. The van der Waals surface area contributed by atoms with Crippen molar-refractivity contribution in [2.45, 2.75) is 19.3 Å². The van der Waals surface area contributed by atoms with Crippen molar-refractivity contribution in [2.24, 2.45) is 5.92 Å². The van der Waals surface area contributed by atoms with Gasteiger partial charge in [0, 0.05) is 12.5 Å². The van der Waals surface area contributed by atoms with Crippen molar-refractivity contribution < 1.29 is 27.8 Å². The molecule has 0 radical (unpaired) electrons. The number of nitrogens with one attached hydrogen (secondary N) is 1. The van der Waals surface area contributed by atoms with Crippen LogP contribution in [0.15, 0.2) is 24.5 Å². The number of benzene rings is 1. The van der Waals surface area contributed by atoms with Gasteiger partial charge < -0.3 is 15.2 Å². The van der Waals surface area contributed by atoms with Crippen LogP contribution in [0.1, 0.15) is 21.7 Å². The van der Waals surface area contributed by atoms with Crippen molar-refractivity contribution in [3.8, 4) is 5.75 Å². The zero-order valence-corrected chi connectivity index (χ0v) is 15.3. The molecule has 146 valence electrons. The van der Waals surface area contributed by atoms with Crippen LogP contribution in [0.4, 0.5) is 24.7 Å². The first-order chi connectivity index (χ1) is 13.3. The van der Waals surface area contributed by atoms with E-state index in [9.17, 15) is 23.1 Å². The smallest absolute Gasteiger partial charge is 0.346 e. The van der Waals surface area contributed by atoms with E-state index in [1.165, 1.54) is 18.5 Å². The summed E-state index contributed by atoms with van der Waals surface area (Å²) >= 11 is 1.02. The van der Waals surface area contributed by atoms with E-state index in [2.05, 4.69) is 15.3 Å². The molecule has 6 nitrogen and oxygen atoms in total. The maximum atomic E-state index is 13.6. The summed E-state index contributed by atoms with van der Waals surface area (Å²) in [6.07, 6.45) is 1.03. The normalized spacial score (nSPS) is 17.5. The molecule has 4 rings (SSSR count). The molecule has 1 aliphatic carbocycles. The molecule has 0 amide bonds. The van der Waals surface area contributed by atoms with Gasteiger partial charge in [0.15, 0.2) is 0 Å². The van der Waals surface area contributed by atoms with Crippen LogP contribution >= 0.6 is 11.3 Å². The van der Waals surface area contributed by atoms with Gasteiger partial charge in [0.25, 0.3) is 5.92 Å². The molecule has 2 N–H and O–H groups in total. The number of nitrogens with zero attached hydrogens (tertiary/aromatic N) is 2. The van der Waals surface area contributed by atoms with Crippen LogP contribution in [-0.4, -0.2) is 33.6 Å². The van der Waals surface area contributed by atoms with Crippen molar-refractivity contribution in [1.29, 1.82) is 0 Å². The molecule has 1 saturated carbocycles. The molecule has 3 aromatic rings. The molecule has 0 bridgehead atoms. The van der Waals surface area contributed by atoms with Gasteiger partial charge in [0.1, 0.15) is 33.4 Å². The number of carbonyl (C=O) groups is 1. The molecule has 1 unspecified atom stereocenters. The summed E-state index contributed by atoms with van der Waals surface area (Å²) in [5, 5.41) is 12.8. The summed E-state index contributed by atoms with van der Waals surface area (Å²) < 4.78 is 45.2. The Hall–Kier alpha value is -2.88. The van der Waals surface area contributed by atoms with Crippen molar-refractivity contribution in [2.75, 3.05) is 11.9 Å². The second kappa shape index (κ2) is 6.62. The highest BCUT2D eigenvalue weighted by Gasteiger charge is 2.57. The number of fused-ring (bicyclic) bond motifs is 1. The predicted octanol–water partition coefficient (Wildman–Crippen LogP) is 4.61. The highest BCUT2D eigenvalue weighted by molar-refractivity contribution is 7.20. The van der Waals surface area contributed by atoms with E-state index in [4.69, 9.17) is 4.74 Å². The Morgan fingerprint density at radius 1 is 1.43 bits per heavy atom. The third-order valence-electron chi connectivity index (χ3n) is 4.51. The van der Waals surface area contributed by atoms with Crippen molar-refractivity contribution in [1.82, 2.24) is 9.97 Å². The maximum absolute atomic E-state index is 13.6. The van der Waals surface area contributed by atoms with Gasteiger partial charge in [-0.2, -0.15) is 0 Å². The Balaban J connectivity index is 1.67. The lowest BCUT2D eigenvalue weighted by Gasteiger charge is -2.13. The minimum Gasteiger partial charge on any atom is -0.491 e. The van der Waals surface area contributed by atoms with Gasteiger partial charge in [-0.3, -0.25) is 0 Å². The predicted molar refractivity (Wildman–Crippen MR) is 97.3 cm³/mol. The van der Waals surface area contributed by atoms with Gasteiger partial charge in [-0.1, -0.05) is 0 Å². The maximum Gasteiger partial charge on any atom is 0.346 e. The van der Waals surface area contributed by atoms with Crippen LogP contribution in [-0.2, 0) is 0 Å². The SMILES string of the molecule is Cc1c(C(=O)O)sc2ncnc(Nc3ccc(F)cc3OCC3CC3(F)F)c12. The van der Waals surface area contributed by atoms with Crippen molar-refractivity contribution >= 4 is 39.0 Å². The fraction of sp³-hybridized carbons (Fsp3) is 0.278. The number of hydrogen-bond donors (Lipinski definition) is 2. The van der Waals surface area contributed by atoms with Crippen molar-refractivity contribution in [3.63, 3.8) is 0 Å². The molecule has 1 aromatic carbocycles. The Morgan fingerprint density at radius 3 is 2.86 bits per heavy atom. The molecular formula is C18H14F3N3O3S. The fourth-order valence-electron chi connectivity index (χ4n) is 2.86. The lowest BCUT2D eigenvalue weighted by molar-refractivity contribution is 0.0701. The van der Waals surface area contributed by atoms with Gasteiger partial charge in [0.05, 0.1) is 23.6 Å². The summed E-state index contributed by atoms with van der Waals surface area (Å²) in [7, 11) is 0. The third-order valence-corrected chi connectivity index (χ3v) is 5.70. The highest BCUT2D eigenvalue weighted by atomic mass is 32.1. The lowest BCUT2D eigenvalue weighted by Crippen LogP contribution is -2.07. The first-order valence-electron chi connectivity index (χ1n) is 8.31. The van der Waals surface area contributed by atoms with E-state index in [-0.39, 0.29) is 23.7 Å². The molecule has 0 spiro atoms. The number of halogens is 3. The summed E-state index contributed by atoms with van der Waals surface area (Å²) in [6.45, 7) is 1.42. The molecule has 1 fully saturated rings. The van der Waals surface area contributed by atoms with Crippen molar-refractivity contribution in [3.05, 3.63) is 40.8 Å². The van der Waals surface area contributed by atoms with Crippen LogP contribution in [0, 0.1) is 18.7 Å². The number of aryl methyl sites for hydroxylation is 1. The van der Waals surface area contributed by atoms with Crippen LogP contribution in [0.5, 0.6) is 5.75 Å². The van der Waals surface area contributed by atoms with E-state index in [0.717, 1.165) is 17.4 Å². The van der Waals surface area contributed by atoms with Crippen LogP contribution in [0.3, 0.4) is 0 Å². The van der Waals surface area contributed by atoms with Gasteiger partial charge >= 0.3 is 5.97 Å². The topological polar surface area (TPSA) is 84.3 Å². The second-order valence-corrected chi connectivity index (χ2v) is 7.50. The Bertz CT molecular complexity index is 1090. The van der Waals surface area contributed by atoms with Crippen LogP contribution in [0.25, 0.3) is 10.2 Å². The van der Waals surface area contributed by atoms with E-state index < -0.39 is 23.6 Å². The molecule has 10 heteroatoms. The van der Waals surface area contributed by atoms with Crippen LogP contribution in [0.2, 0.25) is 0 Å². The quantitative estimate of drug-likeness (QED) is 0.618. The van der Waals surface area contributed by atoms with E-state index >= 15 is 0 Å². The highest BCUT2D eigenvalue weighted by Crippen LogP contribution is 2.49. The number of hydrogen-bond acceptors (Lipinski definition) is 6. The number of thiophene rings is 1. The Kier molecular flexibility index (Phi) is 4.37. The molecular weight excluding hydrogens is 395 g/mol. The zero-order chi connectivity index (χ0) is 20.1. The summed E-state index contributed by atoms with van der Waals surface area (Å²) in [4.78, 5) is 20.3. The lowest BCUT2D eigenvalue weighted by atomic mass is 10.2. The molecule has 0 aliphatic heterocycles. The number of anilines is 2. The van der Waals surface area contributed by atoms with Crippen LogP contribution < -0.4 is 10.1 Å². The van der Waals surface area contributed by atoms with E-state index in [0.29, 0.717) is 27.3 Å².